The number of alkyl halides is 3. The van der Waals surface area contributed by atoms with Crippen molar-refractivity contribution in [1.82, 2.24) is 4.98 Å². The molecule has 0 unspecified atom stereocenters. The molecule has 1 heterocycles. The number of aliphatic hydroxyl groups is 1. The molecule has 0 aliphatic rings. The summed E-state index contributed by atoms with van der Waals surface area (Å²) in [5.74, 6) is 0. The third-order valence-corrected chi connectivity index (χ3v) is 2.17. The van der Waals surface area contributed by atoms with Gasteiger partial charge in [-0.15, -0.1) is 0 Å². The van der Waals surface area contributed by atoms with E-state index < -0.39 is 17.3 Å². The molecule has 0 amide bonds. The van der Waals surface area contributed by atoms with Crippen molar-refractivity contribution in [3.05, 3.63) is 29.0 Å². The van der Waals surface area contributed by atoms with Crippen LogP contribution in [-0.4, -0.2) is 16.3 Å². The van der Waals surface area contributed by atoms with E-state index in [-0.39, 0.29) is 5.02 Å². The Labute approximate surface area is 83.3 Å². The van der Waals surface area contributed by atoms with Crippen molar-refractivity contribution < 1.29 is 18.3 Å². The van der Waals surface area contributed by atoms with E-state index in [4.69, 9.17) is 11.6 Å². The molecule has 0 aromatic carbocycles. The summed E-state index contributed by atoms with van der Waals surface area (Å²) < 4.78 is 37.1. The van der Waals surface area contributed by atoms with Gasteiger partial charge in [-0.3, -0.25) is 4.98 Å². The van der Waals surface area contributed by atoms with Gasteiger partial charge in [-0.05, 0) is 13.0 Å². The van der Waals surface area contributed by atoms with Gasteiger partial charge < -0.3 is 5.11 Å². The molecule has 2 nitrogen and oxygen atoms in total. The van der Waals surface area contributed by atoms with E-state index in [9.17, 15) is 18.3 Å². The molecular formula is C8H7ClF3NO. The number of hydrogen-bond donors (Lipinski definition) is 1. The van der Waals surface area contributed by atoms with Crippen LogP contribution in [0.4, 0.5) is 13.2 Å². The highest BCUT2D eigenvalue weighted by Gasteiger charge is 2.52. The predicted octanol–water partition coefficient (Wildman–Crippen LogP) is 2.50. The molecule has 1 rings (SSSR count). The molecule has 0 aliphatic carbocycles. The minimum Gasteiger partial charge on any atom is -0.376 e. The zero-order chi connectivity index (χ0) is 11.0. The van der Waals surface area contributed by atoms with Gasteiger partial charge in [0.05, 0.1) is 5.02 Å². The van der Waals surface area contributed by atoms with Crippen molar-refractivity contribution in [2.24, 2.45) is 0 Å². The van der Waals surface area contributed by atoms with Crippen molar-refractivity contribution in [3.63, 3.8) is 0 Å². The monoisotopic (exact) mass is 225 g/mol. The van der Waals surface area contributed by atoms with Gasteiger partial charge in [0.2, 0.25) is 0 Å². The largest absolute Gasteiger partial charge is 0.421 e. The normalized spacial score (nSPS) is 16.4. The van der Waals surface area contributed by atoms with Crippen LogP contribution < -0.4 is 0 Å². The fourth-order valence-corrected chi connectivity index (χ4v) is 1.18. The van der Waals surface area contributed by atoms with E-state index in [1.165, 1.54) is 12.3 Å². The van der Waals surface area contributed by atoms with Crippen molar-refractivity contribution in [3.8, 4) is 0 Å². The summed E-state index contributed by atoms with van der Waals surface area (Å²) in [4.78, 5) is 3.48. The molecule has 0 fully saturated rings. The van der Waals surface area contributed by atoms with Gasteiger partial charge in [0.15, 0.2) is 5.60 Å². The molecule has 1 atom stereocenters. The molecule has 1 aromatic heterocycles. The molecular weight excluding hydrogens is 219 g/mol. The fourth-order valence-electron chi connectivity index (χ4n) is 0.888. The minimum absolute atomic E-state index is 0.165. The molecule has 0 spiro atoms. The second kappa shape index (κ2) is 3.40. The summed E-state index contributed by atoms with van der Waals surface area (Å²) in [6, 6.07) is 1.19. The first kappa shape index (κ1) is 11.3. The Bertz CT molecular complexity index is 338. The van der Waals surface area contributed by atoms with E-state index >= 15 is 0 Å². The highest BCUT2D eigenvalue weighted by Crippen LogP contribution is 2.40. The number of nitrogens with zero attached hydrogens (tertiary/aromatic N) is 1. The van der Waals surface area contributed by atoms with Gasteiger partial charge in [-0.1, -0.05) is 11.6 Å². The van der Waals surface area contributed by atoms with E-state index in [0.29, 0.717) is 6.92 Å². The molecule has 0 saturated carbocycles. The van der Waals surface area contributed by atoms with E-state index in [0.717, 1.165) is 6.20 Å². The molecule has 0 saturated heterocycles. The molecule has 6 heteroatoms. The van der Waals surface area contributed by atoms with Gasteiger partial charge in [0.25, 0.3) is 0 Å². The number of rotatable bonds is 1. The first-order valence-electron chi connectivity index (χ1n) is 3.66. The molecule has 0 radical (unpaired) electrons. The molecule has 78 valence electrons. The lowest BCUT2D eigenvalue weighted by molar-refractivity contribution is -0.258. The maximum atomic E-state index is 12.4. The van der Waals surface area contributed by atoms with Gasteiger partial charge in [-0.2, -0.15) is 13.2 Å². The maximum absolute atomic E-state index is 12.4. The second-order valence-corrected chi connectivity index (χ2v) is 3.33. The highest BCUT2D eigenvalue weighted by molar-refractivity contribution is 6.31. The fraction of sp³-hybridized carbons (Fsp3) is 0.375. The van der Waals surface area contributed by atoms with Crippen LogP contribution in [0.5, 0.6) is 0 Å². The summed E-state index contributed by atoms with van der Waals surface area (Å²) >= 11 is 5.51. The van der Waals surface area contributed by atoms with Crippen molar-refractivity contribution in [2.45, 2.75) is 18.7 Å². The third-order valence-electron chi connectivity index (χ3n) is 1.84. The second-order valence-electron chi connectivity index (χ2n) is 2.93. The number of pyridine rings is 1. The summed E-state index contributed by atoms with van der Waals surface area (Å²) in [7, 11) is 0. The Hall–Kier alpha value is -0.810. The minimum atomic E-state index is -4.78. The Morgan fingerprint density at radius 2 is 2.00 bits per heavy atom. The quantitative estimate of drug-likeness (QED) is 0.797. The van der Waals surface area contributed by atoms with Gasteiger partial charge in [0.1, 0.15) is 0 Å². The van der Waals surface area contributed by atoms with Crippen LogP contribution in [0.3, 0.4) is 0 Å². The molecule has 1 N–H and O–H groups in total. The molecule has 14 heavy (non-hydrogen) atoms. The predicted molar refractivity (Wildman–Crippen MR) is 44.9 cm³/mol. The first-order valence-corrected chi connectivity index (χ1v) is 4.03. The smallest absolute Gasteiger partial charge is 0.376 e. The standard InChI is InChI=1S/C8H7ClF3NO/c1-7(14,8(10,11)12)5-4-13-3-2-6(5)9/h2-4,14H,1H3/t7-/m0/s1. The number of aromatic nitrogens is 1. The lowest BCUT2D eigenvalue weighted by atomic mass is 9.97. The van der Waals surface area contributed by atoms with Crippen LogP contribution in [0.1, 0.15) is 12.5 Å². The third kappa shape index (κ3) is 1.83. The van der Waals surface area contributed by atoms with Crippen molar-refractivity contribution in [2.75, 3.05) is 0 Å². The van der Waals surface area contributed by atoms with Gasteiger partial charge >= 0.3 is 6.18 Å². The lowest BCUT2D eigenvalue weighted by Gasteiger charge is -2.26. The number of halogens is 4. The number of hydrogen-bond acceptors (Lipinski definition) is 2. The van der Waals surface area contributed by atoms with E-state index in [2.05, 4.69) is 4.98 Å². The average Bonchev–Trinajstić information content (AvgIpc) is 2.02. The zero-order valence-electron chi connectivity index (χ0n) is 7.14. The van der Waals surface area contributed by atoms with Crippen molar-refractivity contribution in [1.29, 1.82) is 0 Å². The summed E-state index contributed by atoms with van der Waals surface area (Å²) in [6.07, 6.45) is -2.63. The molecule has 1 aromatic rings. The summed E-state index contributed by atoms with van der Waals surface area (Å²) in [5, 5.41) is 9.09. The van der Waals surface area contributed by atoms with E-state index in [1.54, 1.807) is 0 Å². The Morgan fingerprint density at radius 3 is 2.43 bits per heavy atom. The summed E-state index contributed by atoms with van der Waals surface area (Å²) in [6.45, 7) is 0.635. The molecule has 0 bridgehead atoms. The van der Waals surface area contributed by atoms with Crippen LogP contribution in [0.2, 0.25) is 5.02 Å². The van der Waals surface area contributed by atoms with Crippen LogP contribution in [0.15, 0.2) is 18.5 Å². The summed E-state index contributed by atoms with van der Waals surface area (Å²) in [5.41, 5.74) is -3.42. The topological polar surface area (TPSA) is 33.1 Å². The van der Waals surface area contributed by atoms with Crippen molar-refractivity contribution >= 4 is 11.6 Å². The average molecular weight is 226 g/mol. The van der Waals surface area contributed by atoms with Crippen LogP contribution in [0, 0.1) is 0 Å². The van der Waals surface area contributed by atoms with Crippen LogP contribution in [0.25, 0.3) is 0 Å². The zero-order valence-corrected chi connectivity index (χ0v) is 7.89. The lowest BCUT2D eigenvalue weighted by Crippen LogP contribution is -2.39. The SMILES string of the molecule is C[C@](O)(c1cnccc1Cl)C(F)(F)F. The van der Waals surface area contributed by atoms with Crippen LogP contribution in [-0.2, 0) is 5.60 Å². The van der Waals surface area contributed by atoms with E-state index in [1.807, 2.05) is 0 Å². The Kier molecular flexibility index (Phi) is 2.74. The van der Waals surface area contributed by atoms with Gasteiger partial charge in [-0.25, -0.2) is 0 Å². The first-order chi connectivity index (χ1) is 6.27. The molecule has 0 aliphatic heterocycles. The Balaban J connectivity index is 3.23. The maximum Gasteiger partial charge on any atom is 0.421 e. The van der Waals surface area contributed by atoms with Crippen LogP contribution >= 0.6 is 11.6 Å². The Morgan fingerprint density at radius 1 is 1.43 bits per heavy atom. The van der Waals surface area contributed by atoms with Gasteiger partial charge in [0, 0.05) is 18.0 Å². The highest BCUT2D eigenvalue weighted by atomic mass is 35.5.